The largest absolute Gasteiger partial charge is 0.371 e. The standard InChI is InChI=1S/C11H12BrNO/c1-13(10-3-4-10)11-5-2-9(12)6-8(11)7-14/h2,5-7,10H,3-4H2,1H3. The SMILES string of the molecule is CN(c1ccc(Br)cc1C=O)C1CC1. The smallest absolute Gasteiger partial charge is 0.152 e. The summed E-state index contributed by atoms with van der Waals surface area (Å²) < 4.78 is 0.951. The van der Waals surface area contributed by atoms with E-state index in [4.69, 9.17) is 0 Å². The molecule has 1 saturated carbocycles. The maximum absolute atomic E-state index is 10.9. The molecule has 0 N–H and O–H groups in total. The molecule has 1 aliphatic rings. The number of halogens is 1. The molecule has 0 unspecified atom stereocenters. The second kappa shape index (κ2) is 3.73. The van der Waals surface area contributed by atoms with E-state index in [1.165, 1.54) is 12.8 Å². The molecule has 2 nitrogen and oxygen atoms in total. The fourth-order valence-corrected chi connectivity index (χ4v) is 1.98. The molecule has 1 fully saturated rings. The van der Waals surface area contributed by atoms with Crippen molar-refractivity contribution in [2.24, 2.45) is 0 Å². The highest BCUT2D eigenvalue weighted by molar-refractivity contribution is 9.10. The quantitative estimate of drug-likeness (QED) is 0.773. The highest BCUT2D eigenvalue weighted by atomic mass is 79.9. The van der Waals surface area contributed by atoms with Gasteiger partial charge in [0.05, 0.1) is 0 Å². The van der Waals surface area contributed by atoms with Gasteiger partial charge in [0.2, 0.25) is 0 Å². The Morgan fingerprint density at radius 3 is 2.79 bits per heavy atom. The minimum absolute atomic E-state index is 0.634. The van der Waals surface area contributed by atoms with Crippen LogP contribution in [0.3, 0.4) is 0 Å². The highest BCUT2D eigenvalue weighted by Gasteiger charge is 2.27. The van der Waals surface area contributed by atoms with Crippen LogP contribution in [0.4, 0.5) is 5.69 Å². The lowest BCUT2D eigenvalue weighted by Crippen LogP contribution is -2.20. The highest BCUT2D eigenvalue weighted by Crippen LogP contribution is 2.32. The van der Waals surface area contributed by atoms with Gasteiger partial charge >= 0.3 is 0 Å². The van der Waals surface area contributed by atoms with Gasteiger partial charge < -0.3 is 4.90 Å². The minimum atomic E-state index is 0.634. The fraction of sp³-hybridized carbons (Fsp3) is 0.364. The van der Waals surface area contributed by atoms with Crippen LogP contribution in [0, 0.1) is 0 Å². The predicted octanol–water partition coefficient (Wildman–Crippen LogP) is 2.86. The van der Waals surface area contributed by atoms with E-state index < -0.39 is 0 Å². The van der Waals surface area contributed by atoms with Crippen LogP contribution in [-0.2, 0) is 0 Å². The zero-order valence-corrected chi connectivity index (χ0v) is 9.62. The number of nitrogens with zero attached hydrogens (tertiary/aromatic N) is 1. The van der Waals surface area contributed by atoms with E-state index in [-0.39, 0.29) is 0 Å². The molecule has 1 aromatic rings. The van der Waals surface area contributed by atoms with Gasteiger partial charge in [-0.1, -0.05) is 15.9 Å². The van der Waals surface area contributed by atoms with Crippen LogP contribution in [0.2, 0.25) is 0 Å². The summed E-state index contributed by atoms with van der Waals surface area (Å²) in [7, 11) is 2.05. The molecule has 0 radical (unpaired) electrons. The molecule has 0 aromatic heterocycles. The second-order valence-electron chi connectivity index (χ2n) is 3.66. The number of hydrogen-bond acceptors (Lipinski definition) is 2. The van der Waals surface area contributed by atoms with E-state index in [9.17, 15) is 4.79 Å². The molecule has 0 atom stereocenters. The molecule has 0 aliphatic heterocycles. The average molecular weight is 254 g/mol. The lowest BCUT2D eigenvalue weighted by Gasteiger charge is -2.20. The summed E-state index contributed by atoms with van der Waals surface area (Å²) in [5.74, 6) is 0. The predicted molar refractivity (Wildman–Crippen MR) is 61.0 cm³/mol. The monoisotopic (exact) mass is 253 g/mol. The van der Waals surface area contributed by atoms with Gasteiger partial charge in [-0.2, -0.15) is 0 Å². The summed E-state index contributed by atoms with van der Waals surface area (Å²) in [6, 6.07) is 6.46. The van der Waals surface area contributed by atoms with Crippen LogP contribution < -0.4 is 4.90 Å². The van der Waals surface area contributed by atoms with Crippen molar-refractivity contribution >= 4 is 27.9 Å². The first-order chi connectivity index (χ1) is 6.72. The number of benzene rings is 1. The second-order valence-corrected chi connectivity index (χ2v) is 4.58. The van der Waals surface area contributed by atoms with E-state index in [1.807, 2.05) is 25.2 Å². The van der Waals surface area contributed by atoms with Crippen LogP contribution >= 0.6 is 15.9 Å². The molecular weight excluding hydrogens is 242 g/mol. The van der Waals surface area contributed by atoms with Crippen molar-refractivity contribution in [2.75, 3.05) is 11.9 Å². The molecule has 0 spiro atoms. The summed E-state index contributed by atoms with van der Waals surface area (Å²) >= 11 is 3.36. The first-order valence-electron chi connectivity index (χ1n) is 4.70. The van der Waals surface area contributed by atoms with Crippen LogP contribution in [0.25, 0.3) is 0 Å². The van der Waals surface area contributed by atoms with Crippen molar-refractivity contribution in [3.8, 4) is 0 Å². The van der Waals surface area contributed by atoms with E-state index in [0.717, 1.165) is 22.0 Å². The van der Waals surface area contributed by atoms with Crippen molar-refractivity contribution in [1.29, 1.82) is 0 Å². The average Bonchev–Trinajstić information content (AvgIpc) is 3.00. The van der Waals surface area contributed by atoms with Gasteiger partial charge in [-0.25, -0.2) is 0 Å². The molecule has 1 aromatic carbocycles. The molecule has 74 valence electrons. The summed E-state index contributed by atoms with van der Waals surface area (Å²) in [5.41, 5.74) is 1.79. The molecule has 1 aliphatic carbocycles. The van der Waals surface area contributed by atoms with E-state index >= 15 is 0 Å². The number of hydrogen-bond donors (Lipinski definition) is 0. The Balaban J connectivity index is 2.35. The number of carbonyl (C=O) groups excluding carboxylic acids is 1. The zero-order chi connectivity index (χ0) is 10.1. The van der Waals surface area contributed by atoms with Gasteiger partial charge in [-0.15, -0.1) is 0 Å². The van der Waals surface area contributed by atoms with Gasteiger partial charge in [0, 0.05) is 28.8 Å². The number of rotatable bonds is 3. The van der Waals surface area contributed by atoms with Gasteiger partial charge in [-0.3, -0.25) is 4.79 Å². The Kier molecular flexibility index (Phi) is 2.59. The van der Waals surface area contributed by atoms with Gasteiger partial charge in [0.1, 0.15) is 0 Å². The third-order valence-corrected chi connectivity index (χ3v) is 3.08. The number of carbonyl (C=O) groups is 1. The molecule has 14 heavy (non-hydrogen) atoms. The molecule has 0 saturated heterocycles. The number of anilines is 1. The normalized spacial score (nSPS) is 15.3. The lowest BCUT2D eigenvalue weighted by molar-refractivity contribution is 0.112. The topological polar surface area (TPSA) is 20.3 Å². The van der Waals surface area contributed by atoms with Crippen molar-refractivity contribution in [3.63, 3.8) is 0 Å². The van der Waals surface area contributed by atoms with Crippen LogP contribution in [-0.4, -0.2) is 19.4 Å². The number of aldehydes is 1. The van der Waals surface area contributed by atoms with Gasteiger partial charge in [0.25, 0.3) is 0 Å². The molecule has 3 heteroatoms. The summed E-state index contributed by atoms with van der Waals surface area (Å²) in [6.07, 6.45) is 3.40. The third kappa shape index (κ3) is 1.82. The van der Waals surface area contributed by atoms with Crippen molar-refractivity contribution in [2.45, 2.75) is 18.9 Å². The van der Waals surface area contributed by atoms with E-state index in [2.05, 4.69) is 20.8 Å². The molecule has 0 bridgehead atoms. The van der Waals surface area contributed by atoms with Crippen molar-refractivity contribution < 1.29 is 4.79 Å². The van der Waals surface area contributed by atoms with Crippen LogP contribution in [0.15, 0.2) is 22.7 Å². The van der Waals surface area contributed by atoms with E-state index in [1.54, 1.807) is 0 Å². The molecule has 0 heterocycles. The Hall–Kier alpha value is -0.830. The van der Waals surface area contributed by atoms with Crippen LogP contribution in [0.5, 0.6) is 0 Å². The third-order valence-electron chi connectivity index (χ3n) is 2.59. The lowest BCUT2D eigenvalue weighted by atomic mass is 10.2. The van der Waals surface area contributed by atoms with Crippen LogP contribution in [0.1, 0.15) is 23.2 Å². The maximum Gasteiger partial charge on any atom is 0.152 e. The zero-order valence-electron chi connectivity index (χ0n) is 8.03. The Morgan fingerprint density at radius 1 is 1.50 bits per heavy atom. The minimum Gasteiger partial charge on any atom is -0.371 e. The Labute approximate surface area is 92.0 Å². The molecular formula is C11H12BrNO. The van der Waals surface area contributed by atoms with Crippen molar-refractivity contribution in [3.05, 3.63) is 28.2 Å². The molecule has 0 amide bonds. The first kappa shape index (κ1) is 9.71. The van der Waals surface area contributed by atoms with Gasteiger partial charge in [0.15, 0.2) is 6.29 Å². The Bertz CT molecular complexity index is 360. The summed E-state index contributed by atoms with van der Waals surface area (Å²) in [6.45, 7) is 0. The Morgan fingerprint density at radius 2 is 2.21 bits per heavy atom. The maximum atomic E-state index is 10.9. The molecule has 2 rings (SSSR count). The first-order valence-corrected chi connectivity index (χ1v) is 5.49. The van der Waals surface area contributed by atoms with Crippen molar-refractivity contribution in [1.82, 2.24) is 0 Å². The fourth-order valence-electron chi connectivity index (χ4n) is 1.60. The summed E-state index contributed by atoms with van der Waals surface area (Å²) in [5, 5.41) is 0. The van der Waals surface area contributed by atoms with E-state index in [0.29, 0.717) is 6.04 Å². The summed E-state index contributed by atoms with van der Waals surface area (Å²) in [4.78, 5) is 13.1. The van der Waals surface area contributed by atoms with Gasteiger partial charge in [-0.05, 0) is 31.0 Å².